The smallest absolute Gasteiger partial charge is 0.121 e. The van der Waals surface area contributed by atoms with E-state index in [1.54, 1.807) is 0 Å². The number of hydrogen-bond acceptors (Lipinski definition) is 5. The van der Waals surface area contributed by atoms with Gasteiger partial charge in [0.2, 0.25) is 0 Å². The summed E-state index contributed by atoms with van der Waals surface area (Å²) in [5.41, 5.74) is 8.23. The van der Waals surface area contributed by atoms with Crippen molar-refractivity contribution in [3.8, 4) is 0 Å². The van der Waals surface area contributed by atoms with Gasteiger partial charge in [-0.25, -0.2) is 4.98 Å². The van der Waals surface area contributed by atoms with Crippen molar-refractivity contribution in [3.63, 3.8) is 0 Å². The molecule has 5 aromatic rings. The van der Waals surface area contributed by atoms with E-state index >= 15 is 0 Å². The minimum Gasteiger partial charge on any atom is -0.341 e. The molecule has 6 rings (SSSR count). The van der Waals surface area contributed by atoms with Crippen LogP contribution in [-0.2, 0) is 32.6 Å². The lowest BCUT2D eigenvalue weighted by atomic mass is 9.90. The third-order valence-electron chi connectivity index (χ3n) is 7.24. The maximum Gasteiger partial charge on any atom is 0.121 e. The standard InChI is InChI=1S/C31H31BrN6.BrH/c32-26-9-4-10-27-31(26)37-29(36-27)21-38(28-11-3-6-24-7-5-17-35-30(24)28)20-23-14-12-22(13-15-23)18-33-19-25-8-1-2-16-34-25;/h1-2,4-5,7-10,12-17,28,33H,3,6,11,18-21H2,(H,36,37);1H. The Balaban J connectivity index is 0.00000308. The number of pyridine rings is 2. The summed E-state index contributed by atoms with van der Waals surface area (Å²) in [6.07, 6.45) is 7.14. The number of nitrogens with zero attached hydrogens (tertiary/aromatic N) is 4. The summed E-state index contributed by atoms with van der Waals surface area (Å²) < 4.78 is 1.01. The van der Waals surface area contributed by atoms with Crippen LogP contribution in [0.4, 0.5) is 0 Å². The topological polar surface area (TPSA) is 69.7 Å². The first kappa shape index (κ1) is 27.6. The molecule has 1 aliphatic rings. The highest BCUT2D eigenvalue weighted by Crippen LogP contribution is 2.35. The van der Waals surface area contributed by atoms with E-state index in [0.717, 1.165) is 66.0 Å². The Morgan fingerprint density at radius 2 is 1.72 bits per heavy atom. The average molecular weight is 648 g/mol. The third-order valence-corrected chi connectivity index (χ3v) is 7.88. The van der Waals surface area contributed by atoms with Gasteiger partial charge in [0, 0.05) is 36.5 Å². The van der Waals surface area contributed by atoms with E-state index in [1.165, 1.54) is 28.8 Å². The lowest BCUT2D eigenvalue weighted by Gasteiger charge is -2.34. The molecule has 3 heterocycles. The van der Waals surface area contributed by atoms with Crippen molar-refractivity contribution in [2.75, 3.05) is 0 Å². The number of aryl methyl sites for hydroxylation is 1. The molecule has 0 amide bonds. The lowest BCUT2D eigenvalue weighted by molar-refractivity contribution is 0.153. The van der Waals surface area contributed by atoms with Crippen molar-refractivity contribution in [1.29, 1.82) is 0 Å². The first-order valence-electron chi connectivity index (χ1n) is 13.2. The molecule has 3 aromatic heterocycles. The van der Waals surface area contributed by atoms with E-state index in [4.69, 9.17) is 9.97 Å². The predicted octanol–water partition coefficient (Wildman–Crippen LogP) is 7.06. The van der Waals surface area contributed by atoms with Crippen molar-refractivity contribution in [3.05, 3.63) is 124 Å². The summed E-state index contributed by atoms with van der Waals surface area (Å²) in [6, 6.07) is 25.7. The van der Waals surface area contributed by atoms with Gasteiger partial charge in [-0.05, 0) is 82.2 Å². The number of para-hydroxylation sites is 1. The fourth-order valence-corrected chi connectivity index (χ4v) is 5.82. The van der Waals surface area contributed by atoms with Gasteiger partial charge in [0.1, 0.15) is 11.3 Å². The number of rotatable bonds is 9. The highest BCUT2D eigenvalue weighted by atomic mass is 79.9. The van der Waals surface area contributed by atoms with Gasteiger partial charge in [0.15, 0.2) is 0 Å². The van der Waals surface area contributed by atoms with Crippen LogP contribution >= 0.6 is 32.9 Å². The molecule has 0 saturated carbocycles. The molecule has 200 valence electrons. The molecule has 39 heavy (non-hydrogen) atoms. The Hall–Kier alpha value is -2.91. The monoisotopic (exact) mass is 646 g/mol. The fraction of sp³-hybridized carbons (Fsp3) is 0.258. The number of imidazole rings is 1. The first-order valence-corrected chi connectivity index (χ1v) is 14.0. The van der Waals surface area contributed by atoms with E-state index < -0.39 is 0 Å². The predicted molar refractivity (Wildman–Crippen MR) is 165 cm³/mol. The van der Waals surface area contributed by atoms with Crippen LogP contribution in [0.5, 0.6) is 0 Å². The second-order valence-corrected chi connectivity index (χ2v) is 10.8. The summed E-state index contributed by atoms with van der Waals surface area (Å²) in [7, 11) is 0. The number of nitrogens with one attached hydrogen (secondary N) is 2. The van der Waals surface area contributed by atoms with Crippen LogP contribution in [0.25, 0.3) is 11.0 Å². The van der Waals surface area contributed by atoms with Gasteiger partial charge in [0.25, 0.3) is 0 Å². The molecule has 1 atom stereocenters. The van der Waals surface area contributed by atoms with Crippen molar-refractivity contribution in [2.45, 2.75) is 51.5 Å². The highest BCUT2D eigenvalue weighted by molar-refractivity contribution is 9.10. The number of benzene rings is 2. The van der Waals surface area contributed by atoms with Gasteiger partial charge in [-0.3, -0.25) is 14.9 Å². The van der Waals surface area contributed by atoms with Gasteiger partial charge >= 0.3 is 0 Å². The number of aromatic nitrogens is 4. The Morgan fingerprint density at radius 3 is 2.54 bits per heavy atom. The first-order chi connectivity index (χ1) is 18.7. The Morgan fingerprint density at radius 1 is 0.872 bits per heavy atom. The average Bonchev–Trinajstić information content (AvgIpc) is 3.38. The fourth-order valence-electron chi connectivity index (χ4n) is 5.37. The molecule has 0 fully saturated rings. The molecule has 0 aliphatic heterocycles. The molecule has 0 bridgehead atoms. The molecular formula is C31H32Br2N6. The summed E-state index contributed by atoms with van der Waals surface area (Å²) >= 11 is 3.65. The molecule has 0 spiro atoms. The molecule has 2 N–H and O–H groups in total. The van der Waals surface area contributed by atoms with Crippen LogP contribution < -0.4 is 5.32 Å². The van der Waals surface area contributed by atoms with Crippen molar-refractivity contribution >= 4 is 43.9 Å². The van der Waals surface area contributed by atoms with Crippen molar-refractivity contribution < 1.29 is 0 Å². The lowest BCUT2D eigenvalue weighted by Crippen LogP contribution is -2.31. The molecule has 8 heteroatoms. The van der Waals surface area contributed by atoms with Gasteiger partial charge in [-0.15, -0.1) is 17.0 Å². The maximum atomic E-state index is 4.94. The quantitative estimate of drug-likeness (QED) is 0.179. The van der Waals surface area contributed by atoms with Crippen LogP contribution in [0.1, 0.15) is 52.8 Å². The van der Waals surface area contributed by atoms with E-state index in [9.17, 15) is 0 Å². The van der Waals surface area contributed by atoms with Gasteiger partial charge in [-0.1, -0.05) is 42.5 Å². The van der Waals surface area contributed by atoms with E-state index in [0.29, 0.717) is 0 Å². The zero-order valence-corrected chi connectivity index (χ0v) is 25.0. The number of halogens is 2. The van der Waals surface area contributed by atoms with Crippen LogP contribution in [0, 0.1) is 0 Å². The zero-order valence-electron chi connectivity index (χ0n) is 21.7. The molecule has 1 unspecified atom stereocenters. The third kappa shape index (κ3) is 6.64. The normalized spacial score (nSPS) is 14.8. The second kappa shape index (κ2) is 13.0. The summed E-state index contributed by atoms with van der Waals surface area (Å²) in [6.45, 7) is 3.14. The Kier molecular flexibility index (Phi) is 9.19. The molecule has 0 radical (unpaired) electrons. The SMILES string of the molecule is Br.Brc1cccc2[nH]c(CN(Cc3ccc(CNCc4ccccn4)cc3)C3CCCc4cccnc43)nc12. The van der Waals surface area contributed by atoms with E-state index in [-0.39, 0.29) is 23.0 Å². The Bertz CT molecular complexity index is 1500. The largest absolute Gasteiger partial charge is 0.341 e. The number of H-pyrrole nitrogens is 1. The minimum absolute atomic E-state index is 0. The van der Waals surface area contributed by atoms with Gasteiger partial charge < -0.3 is 10.3 Å². The number of aromatic amines is 1. The summed E-state index contributed by atoms with van der Waals surface area (Å²) in [4.78, 5) is 20.2. The van der Waals surface area contributed by atoms with Gasteiger partial charge in [0.05, 0.1) is 29.5 Å². The van der Waals surface area contributed by atoms with E-state index in [2.05, 4.69) is 78.6 Å². The number of hydrogen-bond donors (Lipinski definition) is 2. The van der Waals surface area contributed by atoms with Crippen LogP contribution in [0.15, 0.2) is 89.7 Å². The summed E-state index contributed by atoms with van der Waals surface area (Å²) in [5, 5.41) is 3.49. The molecule has 1 aliphatic carbocycles. The zero-order chi connectivity index (χ0) is 25.7. The van der Waals surface area contributed by atoms with E-state index in [1.807, 2.05) is 42.7 Å². The van der Waals surface area contributed by atoms with Crippen molar-refractivity contribution in [2.24, 2.45) is 0 Å². The number of fused-ring (bicyclic) bond motifs is 2. The molecular weight excluding hydrogens is 616 g/mol. The Labute approximate surface area is 248 Å². The molecule has 2 aromatic carbocycles. The second-order valence-electron chi connectivity index (χ2n) is 9.92. The summed E-state index contributed by atoms with van der Waals surface area (Å²) in [5.74, 6) is 0.977. The van der Waals surface area contributed by atoms with Crippen molar-refractivity contribution in [1.82, 2.24) is 30.2 Å². The van der Waals surface area contributed by atoms with Crippen LogP contribution in [0.3, 0.4) is 0 Å². The highest BCUT2D eigenvalue weighted by Gasteiger charge is 2.28. The van der Waals surface area contributed by atoms with Crippen LogP contribution in [0.2, 0.25) is 0 Å². The maximum absolute atomic E-state index is 4.94. The van der Waals surface area contributed by atoms with Crippen LogP contribution in [-0.4, -0.2) is 24.8 Å². The van der Waals surface area contributed by atoms with Gasteiger partial charge in [-0.2, -0.15) is 0 Å². The molecule has 0 saturated heterocycles. The minimum atomic E-state index is 0. The molecule has 6 nitrogen and oxygen atoms in total.